The van der Waals surface area contributed by atoms with Crippen molar-refractivity contribution in [1.29, 1.82) is 0 Å². The number of hydrogen-bond donors (Lipinski definition) is 2. The fourth-order valence-electron chi connectivity index (χ4n) is 2.62. The zero-order valence-electron chi connectivity index (χ0n) is 15.3. The first kappa shape index (κ1) is 21.8. The number of hydrogen-bond acceptors (Lipinski definition) is 4. The molecule has 0 fully saturated rings. The van der Waals surface area contributed by atoms with Gasteiger partial charge in [0.2, 0.25) is 0 Å². The largest absolute Gasteiger partial charge is 0.490 e. The molecule has 1 aliphatic rings. The van der Waals surface area contributed by atoms with Gasteiger partial charge in [0.1, 0.15) is 0 Å². The predicted molar refractivity (Wildman–Crippen MR) is 115 cm³/mol. The molecule has 1 aromatic rings. The lowest BCUT2D eigenvalue weighted by Gasteiger charge is -2.17. The molecule has 7 heteroatoms. The van der Waals surface area contributed by atoms with Crippen LogP contribution >= 0.6 is 24.0 Å². The predicted octanol–water partition coefficient (Wildman–Crippen LogP) is 3.31. The number of ether oxygens (including phenoxy) is 2. The van der Waals surface area contributed by atoms with Crippen molar-refractivity contribution in [2.24, 2.45) is 10.7 Å². The number of unbranched alkanes of at least 4 members (excludes halogenated alkanes) is 1. The van der Waals surface area contributed by atoms with Crippen LogP contribution in [0.4, 0.5) is 5.69 Å². The monoisotopic (exact) mass is 462 g/mol. The molecule has 0 aliphatic carbocycles. The molecular formula is C18H31IN4O2. The quantitative estimate of drug-likeness (QED) is 0.269. The summed E-state index contributed by atoms with van der Waals surface area (Å²) in [6.07, 6.45) is 3.08. The molecular weight excluding hydrogens is 431 g/mol. The van der Waals surface area contributed by atoms with Crippen LogP contribution in [0.1, 0.15) is 33.1 Å². The fourth-order valence-corrected chi connectivity index (χ4v) is 2.62. The Labute approximate surface area is 168 Å². The molecule has 0 radical (unpaired) electrons. The van der Waals surface area contributed by atoms with E-state index in [9.17, 15) is 0 Å². The number of fused-ring (bicyclic) bond motifs is 1. The SMILES string of the molecule is CCN(CC)CCCCN=C(N)Nc1ccc2c(c1)OCCCO2.I. The number of nitrogens with one attached hydrogen (secondary N) is 1. The van der Waals surface area contributed by atoms with Gasteiger partial charge in [0.15, 0.2) is 17.5 Å². The molecule has 2 rings (SSSR count). The van der Waals surface area contributed by atoms with E-state index < -0.39 is 0 Å². The summed E-state index contributed by atoms with van der Waals surface area (Å²) >= 11 is 0. The number of halogens is 1. The second kappa shape index (κ2) is 12.2. The molecule has 142 valence electrons. The Kier molecular flexibility index (Phi) is 10.6. The van der Waals surface area contributed by atoms with E-state index in [4.69, 9.17) is 15.2 Å². The summed E-state index contributed by atoms with van der Waals surface area (Å²) in [5.74, 6) is 1.97. The van der Waals surface area contributed by atoms with E-state index in [1.54, 1.807) is 0 Å². The Hall–Kier alpha value is -1.22. The first-order valence-corrected chi connectivity index (χ1v) is 8.92. The second-order valence-electron chi connectivity index (χ2n) is 5.84. The van der Waals surface area contributed by atoms with E-state index in [0.29, 0.717) is 19.2 Å². The van der Waals surface area contributed by atoms with Crippen LogP contribution in [0.3, 0.4) is 0 Å². The minimum atomic E-state index is 0. The van der Waals surface area contributed by atoms with Crippen LogP contribution in [-0.4, -0.2) is 50.3 Å². The van der Waals surface area contributed by atoms with Crippen LogP contribution in [0.15, 0.2) is 23.2 Å². The average Bonchev–Trinajstić information content (AvgIpc) is 2.83. The van der Waals surface area contributed by atoms with Crippen LogP contribution in [-0.2, 0) is 0 Å². The molecule has 0 atom stereocenters. The topological polar surface area (TPSA) is 72.1 Å². The maximum Gasteiger partial charge on any atom is 0.193 e. The lowest BCUT2D eigenvalue weighted by Crippen LogP contribution is -2.24. The van der Waals surface area contributed by atoms with Gasteiger partial charge in [0.05, 0.1) is 13.2 Å². The van der Waals surface area contributed by atoms with Crippen molar-refractivity contribution in [2.45, 2.75) is 33.1 Å². The Morgan fingerprint density at radius 2 is 1.88 bits per heavy atom. The Morgan fingerprint density at radius 1 is 1.16 bits per heavy atom. The Bertz CT molecular complexity index is 536. The van der Waals surface area contributed by atoms with E-state index in [1.807, 2.05) is 18.2 Å². The molecule has 6 nitrogen and oxygen atoms in total. The summed E-state index contributed by atoms with van der Waals surface area (Å²) in [7, 11) is 0. The van der Waals surface area contributed by atoms with Gasteiger partial charge in [0, 0.05) is 24.7 Å². The minimum Gasteiger partial charge on any atom is -0.490 e. The van der Waals surface area contributed by atoms with E-state index >= 15 is 0 Å². The summed E-state index contributed by atoms with van der Waals surface area (Å²) in [5, 5.41) is 3.12. The number of aliphatic imine (C=N–C) groups is 1. The van der Waals surface area contributed by atoms with E-state index in [0.717, 1.165) is 62.6 Å². The molecule has 0 bridgehead atoms. The number of guanidine groups is 1. The molecule has 0 spiro atoms. The minimum absolute atomic E-state index is 0. The average molecular weight is 462 g/mol. The zero-order valence-corrected chi connectivity index (χ0v) is 17.6. The van der Waals surface area contributed by atoms with Crippen molar-refractivity contribution in [1.82, 2.24) is 4.90 Å². The lowest BCUT2D eigenvalue weighted by atomic mass is 10.2. The molecule has 0 unspecified atom stereocenters. The second-order valence-corrected chi connectivity index (χ2v) is 5.84. The number of anilines is 1. The summed E-state index contributed by atoms with van der Waals surface area (Å²) < 4.78 is 11.3. The third kappa shape index (κ3) is 7.68. The Morgan fingerprint density at radius 3 is 2.60 bits per heavy atom. The van der Waals surface area contributed by atoms with Gasteiger partial charge in [0.25, 0.3) is 0 Å². The molecule has 1 heterocycles. The summed E-state index contributed by atoms with van der Waals surface area (Å²) in [4.78, 5) is 6.81. The van der Waals surface area contributed by atoms with Gasteiger partial charge in [-0.2, -0.15) is 0 Å². The molecule has 0 saturated heterocycles. The van der Waals surface area contributed by atoms with Crippen LogP contribution in [0.25, 0.3) is 0 Å². The van der Waals surface area contributed by atoms with Crippen LogP contribution < -0.4 is 20.5 Å². The molecule has 0 saturated carbocycles. The van der Waals surface area contributed by atoms with Crippen LogP contribution in [0.2, 0.25) is 0 Å². The summed E-state index contributed by atoms with van der Waals surface area (Å²) in [5.41, 5.74) is 6.83. The first-order valence-electron chi connectivity index (χ1n) is 8.92. The van der Waals surface area contributed by atoms with Gasteiger partial charge in [-0.05, 0) is 44.6 Å². The molecule has 3 N–H and O–H groups in total. The number of nitrogens with zero attached hydrogens (tertiary/aromatic N) is 2. The first-order chi connectivity index (χ1) is 11.7. The van der Waals surface area contributed by atoms with Gasteiger partial charge in [-0.15, -0.1) is 24.0 Å². The standard InChI is InChI=1S/C18H30N4O2.HI/c1-3-22(4-2)11-6-5-10-20-18(19)21-15-8-9-16-17(14-15)24-13-7-12-23-16;/h8-9,14H,3-7,10-13H2,1-2H3,(H3,19,20,21);1H. The highest BCUT2D eigenvalue weighted by atomic mass is 127. The van der Waals surface area contributed by atoms with Gasteiger partial charge in [-0.25, -0.2) is 0 Å². The normalized spacial score (nSPS) is 14.0. The lowest BCUT2D eigenvalue weighted by molar-refractivity contribution is 0.297. The van der Waals surface area contributed by atoms with Gasteiger partial charge >= 0.3 is 0 Å². The highest BCUT2D eigenvalue weighted by molar-refractivity contribution is 14.0. The fraction of sp³-hybridized carbons (Fsp3) is 0.611. The molecule has 0 amide bonds. The van der Waals surface area contributed by atoms with Crippen molar-refractivity contribution in [3.05, 3.63) is 18.2 Å². The number of rotatable bonds is 8. The third-order valence-corrected chi connectivity index (χ3v) is 4.08. The summed E-state index contributed by atoms with van der Waals surface area (Å²) in [6.45, 7) is 9.82. The number of benzene rings is 1. The maximum atomic E-state index is 5.96. The van der Waals surface area contributed by atoms with Crippen molar-refractivity contribution >= 4 is 35.6 Å². The van der Waals surface area contributed by atoms with Gasteiger partial charge in [-0.1, -0.05) is 13.8 Å². The van der Waals surface area contributed by atoms with Crippen molar-refractivity contribution in [2.75, 3.05) is 44.7 Å². The van der Waals surface area contributed by atoms with Gasteiger partial charge < -0.3 is 25.4 Å². The maximum absolute atomic E-state index is 5.96. The third-order valence-electron chi connectivity index (χ3n) is 4.08. The van der Waals surface area contributed by atoms with E-state index in [1.165, 1.54) is 0 Å². The van der Waals surface area contributed by atoms with Crippen molar-refractivity contribution in [3.8, 4) is 11.5 Å². The van der Waals surface area contributed by atoms with E-state index in [2.05, 4.69) is 29.1 Å². The zero-order chi connectivity index (χ0) is 17.2. The molecule has 0 aromatic heterocycles. The summed E-state index contributed by atoms with van der Waals surface area (Å²) in [6, 6.07) is 5.74. The molecule has 1 aliphatic heterocycles. The highest BCUT2D eigenvalue weighted by Crippen LogP contribution is 2.32. The van der Waals surface area contributed by atoms with Crippen LogP contribution in [0.5, 0.6) is 11.5 Å². The smallest absolute Gasteiger partial charge is 0.193 e. The van der Waals surface area contributed by atoms with Crippen LogP contribution in [0, 0.1) is 0 Å². The van der Waals surface area contributed by atoms with Crippen molar-refractivity contribution in [3.63, 3.8) is 0 Å². The highest BCUT2D eigenvalue weighted by Gasteiger charge is 2.10. The number of nitrogens with two attached hydrogens (primary N) is 1. The Balaban J connectivity index is 0.00000312. The molecule has 25 heavy (non-hydrogen) atoms. The van der Waals surface area contributed by atoms with Crippen molar-refractivity contribution < 1.29 is 9.47 Å². The van der Waals surface area contributed by atoms with E-state index in [-0.39, 0.29) is 24.0 Å². The van der Waals surface area contributed by atoms with Gasteiger partial charge in [-0.3, -0.25) is 4.99 Å². The molecule has 1 aromatic carbocycles.